The van der Waals surface area contributed by atoms with Gasteiger partial charge in [-0.15, -0.1) is 0 Å². The van der Waals surface area contributed by atoms with Crippen LogP contribution in [-0.4, -0.2) is 40.6 Å². The van der Waals surface area contributed by atoms with Gasteiger partial charge in [-0.25, -0.2) is 0 Å². The van der Waals surface area contributed by atoms with E-state index in [1.807, 2.05) is 6.92 Å². The van der Waals surface area contributed by atoms with Crippen LogP contribution in [0.4, 0.5) is 48.3 Å². The summed E-state index contributed by atoms with van der Waals surface area (Å²) in [6.45, 7) is 1.86. The molecule has 1 atom stereocenters. The Balaban J connectivity index is 5.50. The van der Waals surface area contributed by atoms with Crippen LogP contribution in [0.1, 0.15) is 58.8 Å². The number of unbranched alkanes of at least 4 members (excludes halogenated alkanes) is 5. The molecule has 0 radical (unpaired) electrons. The summed E-state index contributed by atoms with van der Waals surface area (Å²) < 4.78 is 143. The van der Waals surface area contributed by atoms with E-state index in [0.717, 1.165) is 12.8 Å². The third-order valence-electron chi connectivity index (χ3n) is 4.23. The Morgan fingerprint density at radius 3 is 1.33 bits per heavy atom. The number of rotatable bonds is 11. The van der Waals surface area contributed by atoms with E-state index in [1.54, 1.807) is 0 Å². The highest BCUT2D eigenvalue weighted by Gasteiger charge is 2.89. The maximum atomic E-state index is 13.8. The molecule has 0 saturated carbocycles. The minimum atomic E-state index is -7.49. The van der Waals surface area contributed by atoms with E-state index in [-0.39, 0.29) is 19.8 Å². The van der Waals surface area contributed by atoms with Crippen molar-refractivity contribution in [3.63, 3.8) is 0 Å². The van der Waals surface area contributed by atoms with E-state index < -0.39 is 41.9 Å². The van der Waals surface area contributed by atoms with Crippen LogP contribution in [-0.2, 0) is 0 Å². The van der Waals surface area contributed by atoms with Crippen molar-refractivity contribution in [3.05, 3.63) is 0 Å². The lowest BCUT2D eigenvalue weighted by Crippen LogP contribution is -2.71. The molecule has 0 aromatic carbocycles. The molecule has 0 aliphatic carbocycles. The second kappa shape index (κ2) is 8.28. The molecule has 0 spiro atoms. The highest BCUT2D eigenvalue weighted by molar-refractivity contribution is 5.11. The van der Waals surface area contributed by atoms with Crippen LogP contribution in [0.15, 0.2) is 0 Å². The fourth-order valence-electron chi connectivity index (χ4n) is 2.32. The maximum Gasteiger partial charge on any atom is 0.460 e. The summed E-state index contributed by atoms with van der Waals surface area (Å²) in [5.74, 6) is -28.4. The molecule has 12 heteroatoms. The summed E-state index contributed by atoms with van der Waals surface area (Å²) >= 11 is 0. The van der Waals surface area contributed by atoms with Crippen molar-refractivity contribution in [1.29, 1.82) is 0 Å². The monoisotopic (exact) mass is 426 g/mol. The van der Waals surface area contributed by atoms with Gasteiger partial charge in [-0.3, -0.25) is 0 Å². The second-order valence-electron chi connectivity index (χ2n) is 6.59. The lowest BCUT2D eigenvalue weighted by atomic mass is 9.83. The van der Waals surface area contributed by atoms with Gasteiger partial charge in [0.25, 0.3) is 0 Å². The van der Waals surface area contributed by atoms with Crippen LogP contribution in [0, 0.1) is 0 Å². The molecule has 0 aromatic rings. The van der Waals surface area contributed by atoms with Crippen molar-refractivity contribution < 1.29 is 53.4 Å². The number of hydrogen-bond donors (Lipinski definition) is 1. The first-order valence-electron chi connectivity index (χ1n) is 8.11. The third kappa shape index (κ3) is 4.79. The zero-order chi connectivity index (χ0) is 21.9. The van der Waals surface area contributed by atoms with Gasteiger partial charge in [0.1, 0.15) is 5.60 Å². The van der Waals surface area contributed by atoms with Crippen molar-refractivity contribution in [2.75, 3.05) is 0 Å². The van der Waals surface area contributed by atoms with Crippen molar-refractivity contribution in [3.8, 4) is 0 Å². The van der Waals surface area contributed by atoms with Crippen molar-refractivity contribution in [2.24, 2.45) is 0 Å². The molecule has 1 unspecified atom stereocenters. The number of alkyl halides is 11. The van der Waals surface area contributed by atoms with Gasteiger partial charge in [0, 0.05) is 0 Å². The van der Waals surface area contributed by atoms with E-state index in [9.17, 15) is 53.4 Å². The lowest BCUT2D eigenvalue weighted by Gasteiger charge is -2.42. The standard InChI is InChI=1S/C15H21F11O/c1-3-4-5-6-7-8-9-10(2,27)11(16,17)12(18,19)13(20,21)14(22,23)15(24,25)26/h27H,3-9H2,1-2H3. The first-order chi connectivity index (χ1) is 11.8. The Morgan fingerprint density at radius 1 is 0.556 bits per heavy atom. The Hall–Kier alpha value is -0.810. The Labute approximate surface area is 148 Å². The summed E-state index contributed by atoms with van der Waals surface area (Å²) in [7, 11) is 0. The normalized spacial score (nSPS) is 17.1. The van der Waals surface area contributed by atoms with Gasteiger partial charge >= 0.3 is 29.9 Å². The van der Waals surface area contributed by atoms with E-state index in [0.29, 0.717) is 12.8 Å². The van der Waals surface area contributed by atoms with Gasteiger partial charge < -0.3 is 5.11 Å². The first-order valence-corrected chi connectivity index (χ1v) is 8.11. The van der Waals surface area contributed by atoms with Gasteiger partial charge in [0.2, 0.25) is 0 Å². The van der Waals surface area contributed by atoms with Crippen LogP contribution in [0.25, 0.3) is 0 Å². The highest BCUT2D eigenvalue weighted by atomic mass is 19.4. The second-order valence-corrected chi connectivity index (χ2v) is 6.59. The van der Waals surface area contributed by atoms with Crippen LogP contribution < -0.4 is 0 Å². The average Bonchev–Trinajstić information content (AvgIpc) is 2.48. The van der Waals surface area contributed by atoms with Crippen LogP contribution in [0.2, 0.25) is 0 Å². The summed E-state index contributed by atoms with van der Waals surface area (Å²) in [6, 6.07) is 0. The van der Waals surface area contributed by atoms with E-state index >= 15 is 0 Å². The molecule has 0 rings (SSSR count). The van der Waals surface area contributed by atoms with Gasteiger partial charge in [-0.2, -0.15) is 48.3 Å². The minimum Gasteiger partial charge on any atom is -0.384 e. The first kappa shape index (κ1) is 26.2. The smallest absolute Gasteiger partial charge is 0.384 e. The molecule has 0 amide bonds. The number of hydrogen-bond acceptors (Lipinski definition) is 1. The van der Waals surface area contributed by atoms with Gasteiger partial charge in [-0.1, -0.05) is 45.4 Å². The molecule has 164 valence electrons. The molecule has 0 aliphatic heterocycles. The minimum absolute atomic E-state index is 0.00519. The molecule has 0 aromatic heterocycles. The van der Waals surface area contributed by atoms with Crippen LogP contribution >= 0.6 is 0 Å². The molecule has 0 fully saturated rings. The third-order valence-corrected chi connectivity index (χ3v) is 4.23. The molecule has 0 bridgehead atoms. The molecule has 1 nitrogen and oxygen atoms in total. The predicted molar refractivity (Wildman–Crippen MR) is 74.5 cm³/mol. The SMILES string of the molecule is CCCCCCCCC(C)(O)C(F)(F)C(F)(F)C(F)(F)C(F)(F)C(F)(F)F. The molecule has 0 heterocycles. The zero-order valence-corrected chi connectivity index (χ0v) is 14.6. The van der Waals surface area contributed by atoms with Crippen LogP contribution in [0.5, 0.6) is 0 Å². The summed E-state index contributed by atoms with van der Waals surface area (Å²) in [4.78, 5) is 0. The fourth-order valence-corrected chi connectivity index (χ4v) is 2.32. The van der Waals surface area contributed by atoms with Gasteiger partial charge in [0.15, 0.2) is 0 Å². The molecule has 0 saturated heterocycles. The maximum absolute atomic E-state index is 13.8. The molecule has 27 heavy (non-hydrogen) atoms. The van der Waals surface area contributed by atoms with Crippen molar-refractivity contribution >= 4 is 0 Å². The molecule has 1 N–H and O–H groups in total. The van der Waals surface area contributed by atoms with Crippen LogP contribution in [0.3, 0.4) is 0 Å². The molecule has 0 aliphatic rings. The number of aliphatic hydroxyl groups is 1. The summed E-state index contributed by atoms with van der Waals surface area (Å²) in [5, 5.41) is 9.52. The topological polar surface area (TPSA) is 20.2 Å². The zero-order valence-electron chi connectivity index (χ0n) is 14.6. The van der Waals surface area contributed by atoms with E-state index in [4.69, 9.17) is 0 Å². The lowest BCUT2D eigenvalue weighted by molar-refractivity contribution is -0.435. The van der Waals surface area contributed by atoms with E-state index in [1.165, 1.54) is 0 Å². The largest absolute Gasteiger partial charge is 0.460 e. The summed E-state index contributed by atoms with van der Waals surface area (Å²) in [5.41, 5.74) is -3.94. The van der Waals surface area contributed by atoms with Crippen molar-refractivity contribution in [2.45, 2.75) is 94.3 Å². The average molecular weight is 426 g/mol. The Bertz CT molecular complexity index is 469. The Morgan fingerprint density at radius 2 is 0.926 bits per heavy atom. The van der Waals surface area contributed by atoms with Gasteiger partial charge in [0.05, 0.1) is 0 Å². The quantitative estimate of drug-likeness (QED) is 0.292. The van der Waals surface area contributed by atoms with Gasteiger partial charge in [-0.05, 0) is 13.3 Å². The molecular weight excluding hydrogens is 405 g/mol. The molecular formula is C15H21F11O. The Kier molecular flexibility index (Phi) is 8.03. The fraction of sp³-hybridized carbons (Fsp3) is 1.00. The number of halogens is 11. The van der Waals surface area contributed by atoms with E-state index in [2.05, 4.69) is 0 Å². The highest BCUT2D eigenvalue weighted by Crippen LogP contribution is 2.59. The van der Waals surface area contributed by atoms with Crippen molar-refractivity contribution in [1.82, 2.24) is 0 Å². The summed E-state index contributed by atoms with van der Waals surface area (Å²) in [6.07, 6.45) is -5.89. The predicted octanol–water partition coefficient (Wildman–Crippen LogP) is 6.59.